The van der Waals surface area contributed by atoms with Crippen LogP contribution in [-0.4, -0.2) is 17.4 Å². The molecule has 0 aromatic carbocycles. The Morgan fingerprint density at radius 3 is 3.08 bits per heavy atom. The molecule has 0 bridgehead atoms. The van der Waals surface area contributed by atoms with E-state index in [-0.39, 0.29) is 11.8 Å². The van der Waals surface area contributed by atoms with Gasteiger partial charge in [0.1, 0.15) is 6.20 Å². The Morgan fingerprint density at radius 2 is 2.54 bits per heavy atom. The van der Waals surface area contributed by atoms with Crippen molar-refractivity contribution in [3.8, 4) is 0 Å². The van der Waals surface area contributed by atoms with Gasteiger partial charge in [-0.15, -0.1) is 0 Å². The molecule has 1 radical (unpaired) electrons. The lowest BCUT2D eigenvalue weighted by atomic mass is 10.1. The average molecular weight is 175 g/mol. The fraction of sp³-hybridized carbons (Fsp3) is 0.400. The third-order valence-electron chi connectivity index (χ3n) is 2.36. The normalized spacial score (nSPS) is 22.4. The lowest BCUT2D eigenvalue weighted by Gasteiger charge is -2.14. The van der Waals surface area contributed by atoms with E-state index in [9.17, 15) is 4.79 Å². The Labute approximate surface area is 77.4 Å². The third kappa shape index (κ3) is 1.41. The Kier molecular flexibility index (Phi) is 2.00. The van der Waals surface area contributed by atoms with Gasteiger partial charge in [0.15, 0.2) is 0 Å². The second-order valence-corrected chi connectivity index (χ2v) is 3.31. The Morgan fingerprint density at radius 1 is 1.69 bits per heavy atom. The number of carbonyl (C=O) groups is 1. The molecule has 1 unspecified atom stereocenters. The number of aromatic nitrogens is 1. The highest BCUT2D eigenvalue weighted by molar-refractivity contribution is 5.96. The predicted molar refractivity (Wildman–Crippen MR) is 49.2 cm³/mol. The van der Waals surface area contributed by atoms with Crippen molar-refractivity contribution in [2.75, 3.05) is 11.4 Å². The van der Waals surface area contributed by atoms with E-state index in [0.29, 0.717) is 0 Å². The minimum atomic E-state index is 0.147. The molecule has 1 fully saturated rings. The van der Waals surface area contributed by atoms with E-state index in [1.165, 1.54) is 0 Å². The summed E-state index contributed by atoms with van der Waals surface area (Å²) in [6.07, 6.45) is 5.41. The Hall–Kier alpha value is -1.38. The summed E-state index contributed by atoms with van der Waals surface area (Å²) in [5, 5.41) is 0. The zero-order chi connectivity index (χ0) is 9.26. The van der Waals surface area contributed by atoms with Gasteiger partial charge in [-0.25, -0.2) is 0 Å². The van der Waals surface area contributed by atoms with Gasteiger partial charge >= 0.3 is 0 Å². The van der Waals surface area contributed by atoms with Gasteiger partial charge in [0.25, 0.3) is 0 Å². The fourth-order valence-corrected chi connectivity index (χ4v) is 1.53. The smallest absolute Gasteiger partial charge is 0.229 e. The number of nitrogens with zero attached hydrogens (tertiary/aromatic N) is 2. The van der Waals surface area contributed by atoms with Crippen LogP contribution in [0.4, 0.5) is 5.69 Å². The van der Waals surface area contributed by atoms with Crippen molar-refractivity contribution < 1.29 is 4.79 Å². The van der Waals surface area contributed by atoms with Gasteiger partial charge in [0.05, 0.1) is 5.69 Å². The highest BCUT2D eigenvalue weighted by Crippen LogP contribution is 2.23. The van der Waals surface area contributed by atoms with Crippen LogP contribution in [0.2, 0.25) is 0 Å². The van der Waals surface area contributed by atoms with Gasteiger partial charge in [-0.3, -0.25) is 9.78 Å². The molecule has 1 aliphatic heterocycles. The van der Waals surface area contributed by atoms with E-state index in [1.54, 1.807) is 11.1 Å². The molecule has 1 aromatic heterocycles. The first-order valence-corrected chi connectivity index (χ1v) is 4.43. The first-order valence-electron chi connectivity index (χ1n) is 4.43. The Balaban J connectivity index is 2.24. The lowest BCUT2D eigenvalue weighted by molar-refractivity contribution is -0.119. The second-order valence-electron chi connectivity index (χ2n) is 3.31. The molecular formula is C10H11N2O. The lowest BCUT2D eigenvalue weighted by Crippen LogP contribution is -2.26. The van der Waals surface area contributed by atoms with Crippen LogP contribution >= 0.6 is 0 Å². The van der Waals surface area contributed by atoms with Crippen LogP contribution in [0.15, 0.2) is 18.3 Å². The van der Waals surface area contributed by atoms with Crippen LogP contribution in [0.25, 0.3) is 0 Å². The molecular weight excluding hydrogens is 164 g/mol. The number of hydrogen-bond donors (Lipinski definition) is 0. The number of carbonyl (C=O) groups excluding carboxylic acids is 1. The summed E-state index contributed by atoms with van der Waals surface area (Å²) in [5.41, 5.74) is 0.789. The maximum absolute atomic E-state index is 11.6. The molecule has 0 saturated carbocycles. The summed E-state index contributed by atoms with van der Waals surface area (Å²) < 4.78 is 0. The van der Waals surface area contributed by atoms with Crippen molar-refractivity contribution in [2.24, 2.45) is 5.92 Å². The zero-order valence-electron chi connectivity index (χ0n) is 7.53. The SMILES string of the molecule is CC1CCN(c2[c]nccc2)C1=O. The molecule has 1 aromatic rings. The van der Waals surface area contributed by atoms with E-state index in [0.717, 1.165) is 18.7 Å². The summed E-state index contributed by atoms with van der Waals surface area (Å²) >= 11 is 0. The number of anilines is 1. The van der Waals surface area contributed by atoms with Gasteiger partial charge in [0.2, 0.25) is 5.91 Å². The molecule has 2 rings (SSSR count). The predicted octanol–water partition coefficient (Wildman–Crippen LogP) is 1.25. The van der Waals surface area contributed by atoms with Crippen molar-refractivity contribution in [3.63, 3.8) is 0 Å². The molecule has 2 heterocycles. The molecule has 1 amide bonds. The highest BCUT2D eigenvalue weighted by atomic mass is 16.2. The van der Waals surface area contributed by atoms with E-state index >= 15 is 0 Å². The Bertz CT molecular complexity index is 310. The van der Waals surface area contributed by atoms with Crippen molar-refractivity contribution >= 4 is 11.6 Å². The van der Waals surface area contributed by atoms with E-state index in [4.69, 9.17) is 0 Å². The van der Waals surface area contributed by atoms with Gasteiger partial charge in [-0.05, 0) is 18.6 Å². The van der Waals surface area contributed by atoms with Crippen molar-refractivity contribution in [2.45, 2.75) is 13.3 Å². The number of hydrogen-bond acceptors (Lipinski definition) is 2. The minimum absolute atomic E-state index is 0.147. The van der Waals surface area contributed by atoms with Crippen LogP contribution in [0.5, 0.6) is 0 Å². The first kappa shape index (κ1) is 8.23. The fourth-order valence-electron chi connectivity index (χ4n) is 1.53. The van der Waals surface area contributed by atoms with Crippen molar-refractivity contribution in [3.05, 3.63) is 24.5 Å². The quantitative estimate of drug-likeness (QED) is 0.643. The summed E-state index contributed by atoms with van der Waals surface area (Å²) in [5.74, 6) is 0.331. The number of pyridine rings is 1. The molecule has 0 aliphatic carbocycles. The average Bonchev–Trinajstić information content (AvgIpc) is 2.49. The van der Waals surface area contributed by atoms with Gasteiger partial charge in [0, 0.05) is 18.7 Å². The topological polar surface area (TPSA) is 33.2 Å². The highest BCUT2D eigenvalue weighted by Gasteiger charge is 2.28. The first-order chi connectivity index (χ1) is 6.29. The largest absolute Gasteiger partial charge is 0.310 e. The molecule has 0 spiro atoms. The van der Waals surface area contributed by atoms with Gasteiger partial charge < -0.3 is 4.90 Å². The van der Waals surface area contributed by atoms with Gasteiger partial charge in [-0.1, -0.05) is 6.92 Å². The van der Waals surface area contributed by atoms with Crippen molar-refractivity contribution in [1.82, 2.24) is 4.98 Å². The van der Waals surface area contributed by atoms with E-state index in [1.807, 2.05) is 19.1 Å². The summed E-state index contributed by atoms with van der Waals surface area (Å²) in [6.45, 7) is 2.75. The molecule has 13 heavy (non-hydrogen) atoms. The maximum atomic E-state index is 11.6. The molecule has 3 heteroatoms. The maximum Gasteiger partial charge on any atom is 0.229 e. The van der Waals surface area contributed by atoms with Crippen LogP contribution in [0, 0.1) is 12.1 Å². The minimum Gasteiger partial charge on any atom is -0.310 e. The summed E-state index contributed by atoms with van der Waals surface area (Å²) in [4.78, 5) is 17.2. The molecule has 67 valence electrons. The van der Waals surface area contributed by atoms with E-state index in [2.05, 4.69) is 11.2 Å². The van der Waals surface area contributed by atoms with Crippen LogP contribution in [-0.2, 0) is 4.79 Å². The number of rotatable bonds is 1. The second kappa shape index (κ2) is 3.17. The van der Waals surface area contributed by atoms with Crippen LogP contribution in [0.1, 0.15) is 13.3 Å². The zero-order valence-corrected chi connectivity index (χ0v) is 7.53. The molecule has 1 aliphatic rings. The van der Waals surface area contributed by atoms with Gasteiger partial charge in [-0.2, -0.15) is 0 Å². The molecule has 1 atom stereocenters. The molecule has 0 N–H and O–H groups in total. The monoisotopic (exact) mass is 175 g/mol. The third-order valence-corrected chi connectivity index (χ3v) is 2.36. The molecule has 3 nitrogen and oxygen atoms in total. The van der Waals surface area contributed by atoms with Crippen molar-refractivity contribution in [1.29, 1.82) is 0 Å². The standard InChI is InChI=1S/C10H11N2O/c1-8-4-6-12(10(8)13)9-3-2-5-11-7-9/h2-3,5,8H,4,6H2,1H3. The number of amides is 1. The van der Waals surface area contributed by atoms with Crippen LogP contribution < -0.4 is 4.90 Å². The summed E-state index contributed by atoms with van der Waals surface area (Å²) in [7, 11) is 0. The van der Waals surface area contributed by atoms with Crippen LogP contribution in [0.3, 0.4) is 0 Å². The van der Waals surface area contributed by atoms with E-state index < -0.39 is 0 Å². The summed E-state index contributed by atoms with van der Waals surface area (Å²) in [6, 6.07) is 3.69. The molecule has 1 saturated heterocycles.